The molecule has 10 heteroatoms. The summed E-state index contributed by atoms with van der Waals surface area (Å²) in [7, 11) is 0. The Bertz CT molecular complexity index is 1920. The van der Waals surface area contributed by atoms with E-state index in [4.69, 9.17) is 5.73 Å². The lowest BCUT2D eigenvalue weighted by Gasteiger charge is -2.18. The van der Waals surface area contributed by atoms with Crippen molar-refractivity contribution in [1.82, 2.24) is 5.32 Å². The minimum Gasteiger partial charge on any atom is -0.366 e. The van der Waals surface area contributed by atoms with Gasteiger partial charge in [-0.25, -0.2) is 4.39 Å². The van der Waals surface area contributed by atoms with Crippen molar-refractivity contribution in [2.45, 2.75) is 10.1 Å². The first kappa shape index (κ1) is 32.4. The maximum absolute atomic E-state index is 13.5. The Balaban J connectivity index is 1.36. The molecule has 0 spiro atoms. The number of anilines is 2. The molecule has 5 aromatic rings. The molecule has 0 fully saturated rings. The fourth-order valence-corrected chi connectivity index (χ4v) is 5.56. The van der Waals surface area contributed by atoms with Gasteiger partial charge in [0, 0.05) is 27.4 Å². The Morgan fingerprint density at radius 2 is 1.34 bits per heavy atom. The highest BCUT2D eigenvalue weighted by molar-refractivity contribution is 8.00. The van der Waals surface area contributed by atoms with Gasteiger partial charge in [0.15, 0.2) is 0 Å². The molecule has 47 heavy (non-hydrogen) atoms. The van der Waals surface area contributed by atoms with E-state index in [2.05, 4.69) is 16.0 Å². The topological polar surface area (TPSA) is 130 Å². The second kappa shape index (κ2) is 15.3. The number of hydrogen-bond donors (Lipinski definition) is 4. The van der Waals surface area contributed by atoms with Crippen molar-refractivity contribution < 1.29 is 23.6 Å². The van der Waals surface area contributed by atoms with Crippen LogP contribution in [0.15, 0.2) is 144 Å². The molecule has 0 saturated carbocycles. The van der Waals surface area contributed by atoms with Crippen LogP contribution in [0.3, 0.4) is 0 Å². The zero-order valence-corrected chi connectivity index (χ0v) is 25.7. The number of nitrogens with one attached hydrogen (secondary N) is 3. The third-order valence-electron chi connectivity index (χ3n) is 6.83. The third kappa shape index (κ3) is 9.03. The number of thioether (sulfide) groups is 1. The van der Waals surface area contributed by atoms with Gasteiger partial charge in [-0.05, 0) is 83.9 Å². The minimum atomic E-state index is -0.669. The minimum absolute atomic E-state index is 0.0487. The summed E-state index contributed by atoms with van der Waals surface area (Å²) in [6, 6.07) is 36.5. The summed E-state index contributed by atoms with van der Waals surface area (Å²) in [4.78, 5) is 52.1. The van der Waals surface area contributed by atoms with Gasteiger partial charge in [-0.1, -0.05) is 66.7 Å². The highest BCUT2D eigenvalue weighted by Gasteiger charge is 2.23. The van der Waals surface area contributed by atoms with E-state index in [0.29, 0.717) is 33.0 Å². The highest BCUT2D eigenvalue weighted by Crippen LogP contribution is 2.37. The molecule has 0 aliphatic carbocycles. The lowest BCUT2D eigenvalue weighted by molar-refractivity contribution is -0.116. The Hall–Kier alpha value is -6.00. The van der Waals surface area contributed by atoms with E-state index < -0.39 is 28.8 Å². The van der Waals surface area contributed by atoms with Gasteiger partial charge in [0.2, 0.25) is 11.8 Å². The van der Waals surface area contributed by atoms with Crippen LogP contribution in [-0.4, -0.2) is 23.6 Å². The third-order valence-corrected chi connectivity index (χ3v) is 8.08. The van der Waals surface area contributed by atoms with Gasteiger partial charge < -0.3 is 21.7 Å². The molecule has 8 nitrogen and oxygen atoms in total. The molecule has 0 radical (unpaired) electrons. The number of amides is 4. The highest BCUT2D eigenvalue weighted by atomic mass is 32.2. The summed E-state index contributed by atoms with van der Waals surface area (Å²) < 4.78 is 13.5. The molecule has 1 atom stereocenters. The predicted molar refractivity (Wildman–Crippen MR) is 182 cm³/mol. The van der Waals surface area contributed by atoms with E-state index in [9.17, 15) is 23.6 Å². The molecule has 0 aromatic heterocycles. The first-order valence-corrected chi connectivity index (χ1v) is 15.3. The van der Waals surface area contributed by atoms with Crippen LogP contribution in [0.5, 0.6) is 0 Å². The molecule has 0 aliphatic heterocycles. The SMILES string of the molecule is NC(=O)c1ccc(NC(=O)C(Sc2cccc(NC(=O)/C(=C/c3ccc(F)cc3)NC(=O)c3ccccc3)c2)c2ccccc2)cc1. The number of nitrogens with two attached hydrogens (primary N) is 1. The molecule has 1 unspecified atom stereocenters. The van der Waals surface area contributed by atoms with E-state index in [-0.39, 0.29) is 11.6 Å². The van der Waals surface area contributed by atoms with Crippen LogP contribution < -0.4 is 21.7 Å². The molecule has 0 heterocycles. The molecule has 0 saturated heterocycles. The molecule has 234 valence electrons. The summed E-state index contributed by atoms with van der Waals surface area (Å²) in [6.45, 7) is 0. The van der Waals surface area contributed by atoms with Crippen LogP contribution in [0.25, 0.3) is 6.08 Å². The monoisotopic (exact) mass is 644 g/mol. The lowest BCUT2D eigenvalue weighted by atomic mass is 10.1. The summed E-state index contributed by atoms with van der Waals surface area (Å²) >= 11 is 1.28. The van der Waals surface area contributed by atoms with Crippen LogP contribution in [0.2, 0.25) is 0 Å². The van der Waals surface area contributed by atoms with E-state index >= 15 is 0 Å². The van der Waals surface area contributed by atoms with Gasteiger partial charge in [0.1, 0.15) is 16.8 Å². The van der Waals surface area contributed by atoms with E-state index in [1.165, 1.54) is 54.2 Å². The molecular weight excluding hydrogens is 615 g/mol. The predicted octanol–water partition coefficient (Wildman–Crippen LogP) is 6.81. The lowest BCUT2D eigenvalue weighted by Crippen LogP contribution is -2.30. The number of carbonyl (C=O) groups is 4. The Kier molecular flexibility index (Phi) is 10.6. The van der Waals surface area contributed by atoms with Crippen LogP contribution in [0.1, 0.15) is 37.1 Å². The van der Waals surface area contributed by atoms with Crippen LogP contribution >= 0.6 is 11.8 Å². The van der Waals surface area contributed by atoms with E-state index in [0.717, 1.165) is 5.56 Å². The zero-order valence-electron chi connectivity index (χ0n) is 24.9. The summed E-state index contributed by atoms with van der Waals surface area (Å²) in [5, 5.41) is 7.71. The Morgan fingerprint density at radius 3 is 2.00 bits per heavy atom. The number of carbonyl (C=O) groups excluding carboxylic acids is 4. The molecule has 0 aliphatic rings. The normalized spacial score (nSPS) is 11.6. The van der Waals surface area contributed by atoms with Crippen molar-refractivity contribution in [3.8, 4) is 0 Å². The number of rotatable bonds is 11. The quantitative estimate of drug-likeness (QED) is 0.0928. The van der Waals surface area contributed by atoms with Gasteiger partial charge in [-0.2, -0.15) is 0 Å². The standard InChI is InChI=1S/C37H29FN4O4S/c38-28-18-14-24(15-19-28)22-32(42-35(44)27-10-5-2-6-11-27)36(45)41-30-12-7-13-31(23-30)47-33(25-8-3-1-4-9-25)37(46)40-29-20-16-26(17-21-29)34(39)43/h1-23,33H,(H2,39,43)(H,40,46)(H,41,45)(H,42,44)/b32-22-. The van der Waals surface area contributed by atoms with Gasteiger partial charge in [0.05, 0.1) is 0 Å². The number of hydrogen-bond acceptors (Lipinski definition) is 5. The van der Waals surface area contributed by atoms with Crippen molar-refractivity contribution in [3.63, 3.8) is 0 Å². The number of primary amides is 1. The van der Waals surface area contributed by atoms with E-state index in [1.807, 2.05) is 36.4 Å². The van der Waals surface area contributed by atoms with Crippen molar-refractivity contribution in [3.05, 3.63) is 167 Å². The molecule has 5 N–H and O–H groups in total. The van der Waals surface area contributed by atoms with Gasteiger partial charge in [-0.3, -0.25) is 19.2 Å². The fourth-order valence-electron chi connectivity index (χ4n) is 4.48. The number of halogens is 1. The maximum atomic E-state index is 13.5. The largest absolute Gasteiger partial charge is 0.366 e. The van der Waals surface area contributed by atoms with Gasteiger partial charge in [0.25, 0.3) is 11.8 Å². The molecule has 0 bridgehead atoms. The zero-order chi connectivity index (χ0) is 33.2. The molecule has 5 rings (SSSR count). The van der Waals surface area contributed by atoms with Crippen LogP contribution in [-0.2, 0) is 9.59 Å². The molecule has 4 amide bonds. The second-order valence-electron chi connectivity index (χ2n) is 10.3. The van der Waals surface area contributed by atoms with Crippen LogP contribution in [0, 0.1) is 5.82 Å². The molecular formula is C37H29FN4O4S. The number of benzene rings is 5. The molecule has 5 aromatic carbocycles. The average molecular weight is 645 g/mol. The Labute approximate surface area is 274 Å². The first-order chi connectivity index (χ1) is 22.7. The van der Waals surface area contributed by atoms with Crippen LogP contribution in [0.4, 0.5) is 15.8 Å². The smallest absolute Gasteiger partial charge is 0.272 e. The summed E-state index contributed by atoms with van der Waals surface area (Å²) in [6.07, 6.45) is 1.46. The van der Waals surface area contributed by atoms with E-state index in [1.54, 1.807) is 60.7 Å². The van der Waals surface area contributed by atoms with Crippen molar-refractivity contribution >= 4 is 52.8 Å². The van der Waals surface area contributed by atoms with Crippen molar-refractivity contribution in [2.24, 2.45) is 5.73 Å². The maximum Gasteiger partial charge on any atom is 0.272 e. The summed E-state index contributed by atoms with van der Waals surface area (Å²) in [5.41, 5.74) is 8.15. The average Bonchev–Trinajstić information content (AvgIpc) is 3.09. The second-order valence-corrected chi connectivity index (χ2v) is 11.4. The fraction of sp³-hybridized carbons (Fsp3) is 0.0270. The first-order valence-electron chi connectivity index (χ1n) is 14.4. The van der Waals surface area contributed by atoms with Gasteiger partial charge >= 0.3 is 0 Å². The Morgan fingerprint density at radius 1 is 0.681 bits per heavy atom. The summed E-state index contributed by atoms with van der Waals surface area (Å²) in [5.74, 6) is -2.38. The van der Waals surface area contributed by atoms with Crippen molar-refractivity contribution in [2.75, 3.05) is 10.6 Å². The van der Waals surface area contributed by atoms with Gasteiger partial charge in [-0.15, -0.1) is 11.8 Å². The van der Waals surface area contributed by atoms with Crippen molar-refractivity contribution in [1.29, 1.82) is 0 Å².